The fourth-order valence-electron chi connectivity index (χ4n) is 8.81. The number of hydrogen-bond acceptors (Lipinski definition) is 2. The molecule has 270 valence electrons. The van der Waals surface area contributed by atoms with Gasteiger partial charge in [0, 0.05) is 16.7 Å². The van der Waals surface area contributed by atoms with Crippen LogP contribution in [0.15, 0.2) is 218 Å². The van der Waals surface area contributed by atoms with E-state index in [9.17, 15) is 0 Å². The highest BCUT2D eigenvalue weighted by molar-refractivity contribution is 6.28. The smallest absolute Gasteiger partial charge is 0.160 e. The average Bonchev–Trinajstić information content (AvgIpc) is 3.31. The van der Waals surface area contributed by atoms with Crippen LogP contribution in [-0.4, -0.2) is 9.97 Å². The van der Waals surface area contributed by atoms with Crippen molar-refractivity contribution in [2.24, 2.45) is 0 Å². The highest BCUT2D eigenvalue weighted by atomic mass is 14.9. The Bertz CT molecular complexity index is 3240. The molecule has 11 rings (SSSR count). The molecule has 2 heteroatoms. The predicted molar refractivity (Wildman–Crippen MR) is 245 cm³/mol. The number of nitrogens with zero attached hydrogens (tertiary/aromatic N) is 2. The van der Waals surface area contributed by atoms with Crippen molar-refractivity contribution < 1.29 is 0 Å². The Hall–Kier alpha value is -7.68. The van der Waals surface area contributed by atoms with Crippen LogP contribution < -0.4 is 0 Å². The highest BCUT2D eigenvalue weighted by Gasteiger charge is 2.19. The first-order valence-corrected chi connectivity index (χ1v) is 19.8. The van der Waals surface area contributed by atoms with Gasteiger partial charge in [-0.2, -0.15) is 0 Å². The molecule has 2 nitrogen and oxygen atoms in total. The summed E-state index contributed by atoms with van der Waals surface area (Å²) in [5.74, 6) is 0.713. The van der Waals surface area contributed by atoms with Gasteiger partial charge >= 0.3 is 0 Å². The maximum absolute atomic E-state index is 5.18. The van der Waals surface area contributed by atoms with Crippen LogP contribution in [0.2, 0.25) is 0 Å². The van der Waals surface area contributed by atoms with Crippen molar-refractivity contribution in [3.63, 3.8) is 0 Å². The zero-order valence-corrected chi connectivity index (χ0v) is 31.7. The molecular formula is C56H36N2. The van der Waals surface area contributed by atoms with Crippen molar-refractivity contribution in [2.45, 2.75) is 0 Å². The number of rotatable bonds is 6. The molecule has 0 aliphatic heterocycles. The first-order chi connectivity index (χ1) is 28.8. The van der Waals surface area contributed by atoms with Crippen LogP contribution in [-0.2, 0) is 0 Å². The Labute approximate surface area is 337 Å². The summed E-state index contributed by atoms with van der Waals surface area (Å²) in [6, 6.07) is 78.2. The van der Waals surface area contributed by atoms with E-state index in [4.69, 9.17) is 9.97 Å². The Balaban J connectivity index is 1.07. The first-order valence-electron chi connectivity index (χ1n) is 19.8. The minimum atomic E-state index is 0.713. The minimum Gasteiger partial charge on any atom is -0.228 e. The predicted octanol–water partition coefficient (Wildman–Crippen LogP) is 15.1. The Kier molecular flexibility index (Phi) is 8.19. The number of aromatic nitrogens is 2. The van der Waals surface area contributed by atoms with Crippen LogP contribution in [0.25, 0.3) is 110 Å². The molecule has 10 aromatic carbocycles. The standard InChI is InChI=1S/C56H36N2/c1-4-17-39(18-5-1)51-36-52(58-56(57-51)42-21-8-3-9-22-42)47-35-34-43(45-24-12-13-25-46(45)47)38-28-30-41(31-29-38)53-48-26-14-15-27-49(48)54(40-19-6-2-7-20-40)55-44-23-11-10-16-37(44)32-33-50(53)55/h1-36H. The van der Waals surface area contributed by atoms with E-state index in [1.807, 2.05) is 24.3 Å². The fourth-order valence-corrected chi connectivity index (χ4v) is 8.81. The van der Waals surface area contributed by atoms with Crippen LogP contribution in [0.3, 0.4) is 0 Å². The normalized spacial score (nSPS) is 11.4. The summed E-state index contributed by atoms with van der Waals surface area (Å²) in [7, 11) is 0. The molecule has 1 aromatic heterocycles. The second-order valence-corrected chi connectivity index (χ2v) is 14.8. The van der Waals surface area contributed by atoms with Crippen molar-refractivity contribution in [3.8, 4) is 67.3 Å². The number of benzene rings is 10. The van der Waals surface area contributed by atoms with Crippen molar-refractivity contribution in [1.82, 2.24) is 9.97 Å². The zero-order valence-electron chi connectivity index (χ0n) is 31.7. The Morgan fingerprint density at radius 1 is 0.259 bits per heavy atom. The second-order valence-electron chi connectivity index (χ2n) is 14.8. The summed E-state index contributed by atoms with van der Waals surface area (Å²) in [4.78, 5) is 10.2. The van der Waals surface area contributed by atoms with Gasteiger partial charge in [0.1, 0.15) is 0 Å². The minimum absolute atomic E-state index is 0.713. The molecule has 0 aliphatic carbocycles. The fraction of sp³-hybridized carbons (Fsp3) is 0. The molecule has 0 aliphatic rings. The second kappa shape index (κ2) is 14.1. The molecule has 0 saturated carbocycles. The van der Waals surface area contributed by atoms with E-state index in [1.165, 1.54) is 71.1 Å². The van der Waals surface area contributed by atoms with Crippen molar-refractivity contribution >= 4 is 43.1 Å². The number of hydrogen-bond donors (Lipinski definition) is 0. The Morgan fingerprint density at radius 2 is 0.741 bits per heavy atom. The van der Waals surface area contributed by atoms with Crippen molar-refractivity contribution in [1.29, 1.82) is 0 Å². The number of fused-ring (bicyclic) bond motifs is 5. The third kappa shape index (κ3) is 5.74. The zero-order chi connectivity index (χ0) is 38.4. The van der Waals surface area contributed by atoms with Gasteiger partial charge in [-0.3, -0.25) is 0 Å². The molecule has 0 bridgehead atoms. The molecule has 0 N–H and O–H groups in total. The van der Waals surface area contributed by atoms with Gasteiger partial charge in [-0.25, -0.2) is 9.97 Å². The van der Waals surface area contributed by atoms with Gasteiger partial charge in [-0.15, -0.1) is 0 Å². The molecule has 1 heterocycles. The van der Waals surface area contributed by atoms with E-state index in [0.29, 0.717) is 5.82 Å². The van der Waals surface area contributed by atoms with Gasteiger partial charge in [0.15, 0.2) is 5.82 Å². The largest absolute Gasteiger partial charge is 0.228 e. The third-order valence-electron chi connectivity index (χ3n) is 11.5. The lowest BCUT2D eigenvalue weighted by Gasteiger charge is -2.19. The van der Waals surface area contributed by atoms with E-state index in [-0.39, 0.29) is 0 Å². The summed E-state index contributed by atoms with van der Waals surface area (Å²) in [5, 5.41) is 9.91. The van der Waals surface area contributed by atoms with Gasteiger partial charge in [0.2, 0.25) is 0 Å². The molecule has 0 radical (unpaired) electrons. The van der Waals surface area contributed by atoms with E-state index < -0.39 is 0 Å². The molecule has 58 heavy (non-hydrogen) atoms. The van der Waals surface area contributed by atoms with Gasteiger partial charge < -0.3 is 0 Å². The molecule has 0 fully saturated rings. The van der Waals surface area contributed by atoms with Gasteiger partial charge in [0.25, 0.3) is 0 Å². The lowest BCUT2D eigenvalue weighted by molar-refractivity contribution is 1.18. The highest BCUT2D eigenvalue weighted by Crippen LogP contribution is 2.46. The molecular weight excluding hydrogens is 701 g/mol. The van der Waals surface area contributed by atoms with Gasteiger partial charge in [-0.1, -0.05) is 212 Å². The van der Waals surface area contributed by atoms with Crippen LogP contribution >= 0.6 is 0 Å². The van der Waals surface area contributed by atoms with Crippen LogP contribution in [0.4, 0.5) is 0 Å². The van der Waals surface area contributed by atoms with Crippen LogP contribution in [0.5, 0.6) is 0 Å². The summed E-state index contributed by atoms with van der Waals surface area (Å²) >= 11 is 0. The van der Waals surface area contributed by atoms with Gasteiger partial charge in [0.05, 0.1) is 11.4 Å². The SMILES string of the molecule is c1ccc(-c2cc(-c3ccc(-c4ccc(-c5c6ccccc6c(-c6ccccc6)c6c5ccc5ccccc56)cc4)c4ccccc34)nc(-c3ccccc3)n2)cc1. The molecule has 0 spiro atoms. The van der Waals surface area contributed by atoms with E-state index in [0.717, 1.165) is 33.5 Å². The van der Waals surface area contributed by atoms with Crippen molar-refractivity contribution in [2.75, 3.05) is 0 Å². The topological polar surface area (TPSA) is 25.8 Å². The average molecular weight is 737 g/mol. The lowest BCUT2D eigenvalue weighted by atomic mass is 9.83. The van der Waals surface area contributed by atoms with Crippen molar-refractivity contribution in [3.05, 3.63) is 218 Å². The molecule has 0 saturated heterocycles. The maximum atomic E-state index is 5.18. The summed E-state index contributed by atoms with van der Waals surface area (Å²) in [6.45, 7) is 0. The third-order valence-corrected chi connectivity index (χ3v) is 11.5. The first kappa shape index (κ1) is 33.6. The summed E-state index contributed by atoms with van der Waals surface area (Å²) in [5.41, 5.74) is 12.3. The molecule has 0 unspecified atom stereocenters. The van der Waals surface area contributed by atoms with Crippen LogP contribution in [0, 0.1) is 0 Å². The lowest BCUT2D eigenvalue weighted by Crippen LogP contribution is -1.96. The summed E-state index contributed by atoms with van der Waals surface area (Å²) < 4.78 is 0. The maximum Gasteiger partial charge on any atom is 0.160 e. The van der Waals surface area contributed by atoms with Gasteiger partial charge in [-0.05, 0) is 82.5 Å². The molecule has 0 atom stereocenters. The summed E-state index contributed by atoms with van der Waals surface area (Å²) in [6.07, 6.45) is 0. The van der Waals surface area contributed by atoms with E-state index in [1.54, 1.807) is 0 Å². The quantitative estimate of drug-likeness (QED) is 0.125. The molecule has 0 amide bonds. The van der Waals surface area contributed by atoms with Crippen LogP contribution in [0.1, 0.15) is 0 Å². The van der Waals surface area contributed by atoms with E-state index in [2.05, 4.69) is 194 Å². The monoisotopic (exact) mass is 736 g/mol. The van der Waals surface area contributed by atoms with E-state index >= 15 is 0 Å². The molecule has 11 aromatic rings. The Morgan fingerprint density at radius 3 is 1.43 bits per heavy atom.